The van der Waals surface area contributed by atoms with Crippen molar-refractivity contribution in [1.29, 1.82) is 0 Å². The maximum Gasteiger partial charge on any atom is 0.125 e. The van der Waals surface area contributed by atoms with Crippen LogP contribution in [0.15, 0.2) is 36.4 Å². The lowest BCUT2D eigenvalue weighted by Gasteiger charge is -2.16. The van der Waals surface area contributed by atoms with Gasteiger partial charge in [0.05, 0.1) is 11.9 Å². The molecular formula is C14H10BrCl3O. The van der Waals surface area contributed by atoms with Gasteiger partial charge < -0.3 is 4.74 Å². The smallest absolute Gasteiger partial charge is 0.125 e. The summed E-state index contributed by atoms with van der Waals surface area (Å²) in [5.41, 5.74) is 1.82. The lowest BCUT2D eigenvalue weighted by atomic mass is 10.0. The van der Waals surface area contributed by atoms with E-state index in [-0.39, 0.29) is 4.83 Å². The van der Waals surface area contributed by atoms with E-state index in [1.54, 1.807) is 25.3 Å². The minimum absolute atomic E-state index is 0.120. The molecule has 0 N–H and O–H groups in total. The summed E-state index contributed by atoms with van der Waals surface area (Å²) >= 11 is 21.8. The third kappa shape index (κ3) is 3.38. The molecule has 2 rings (SSSR count). The third-order valence-corrected chi connectivity index (χ3v) is 4.50. The summed E-state index contributed by atoms with van der Waals surface area (Å²) in [6, 6.07) is 10.8. The summed E-state index contributed by atoms with van der Waals surface area (Å²) in [6.07, 6.45) is 0. The standard InChI is InChI=1S/C14H10BrCl3O/c1-19-13-7-9(17)2-4-10(13)14(15)11-6-8(16)3-5-12(11)18/h2-7,14H,1H3. The Balaban J connectivity index is 2.49. The van der Waals surface area contributed by atoms with Crippen LogP contribution in [0.25, 0.3) is 0 Å². The molecule has 0 fully saturated rings. The molecule has 0 aromatic heterocycles. The molecule has 0 aliphatic carbocycles. The van der Waals surface area contributed by atoms with Crippen LogP contribution < -0.4 is 4.74 Å². The highest BCUT2D eigenvalue weighted by atomic mass is 79.9. The summed E-state index contributed by atoms with van der Waals surface area (Å²) < 4.78 is 5.35. The summed E-state index contributed by atoms with van der Waals surface area (Å²) in [5.74, 6) is 0.699. The highest BCUT2D eigenvalue weighted by Gasteiger charge is 2.18. The van der Waals surface area contributed by atoms with Crippen molar-refractivity contribution in [2.75, 3.05) is 7.11 Å². The number of ether oxygens (including phenoxy) is 1. The van der Waals surface area contributed by atoms with Gasteiger partial charge in [0.15, 0.2) is 0 Å². The lowest BCUT2D eigenvalue weighted by Crippen LogP contribution is -1.98. The second kappa shape index (κ2) is 6.36. The average molecular weight is 380 g/mol. The average Bonchev–Trinajstić information content (AvgIpc) is 2.40. The highest BCUT2D eigenvalue weighted by molar-refractivity contribution is 9.09. The summed E-state index contributed by atoms with van der Waals surface area (Å²) in [6.45, 7) is 0. The van der Waals surface area contributed by atoms with Crippen molar-refractivity contribution in [2.24, 2.45) is 0 Å². The predicted octanol–water partition coefficient (Wildman–Crippen LogP) is 6.14. The van der Waals surface area contributed by atoms with Crippen molar-refractivity contribution < 1.29 is 4.74 Å². The molecule has 0 saturated carbocycles. The molecule has 1 atom stereocenters. The highest BCUT2D eigenvalue weighted by Crippen LogP contribution is 2.41. The van der Waals surface area contributed by atoms with Crippen LogP contribution in [0, 0.1) is 0 Å². The monoisotopic (exact) mass is 378 g/mol. The summed E-state index contributed by atoms with van der Waals surface area (Å²) in [5, 5.41) is 1.90. The third-order valence-electron chi connectivity index (χ3n) is 2.70. The van der Waals surface area contributed by atoms with Crippen LogP contribution in [0.2, 0.25) is 15.1 Å². The molecule has 0 aliphatic rings. The maximum absolute atomic E-state index is 6.21. The molecule has 5 heteroatoms. The molecule has 0 amide bonds. The number of hydrogen-bond donors (Lipinski definition) is 0. The molecule has 0 bridgehead atoms. The zero-order valence-electron chi connectivity index (χ0n) is 9.96. The molecule has 1 nitrogen and oxygen atoms in total. The van der Waals surface area contributed by atoms with Gasteiger partial charge >= 0.3 is 0 Å². The van der Waals surface area contributed by atoms with E-state index in [1.165, 1.54) is 0 Å². The Morgan fingerprint density at radius 2 is 1.58 bits per heavy atom. The molecule has 2 aromatic rings. The summed E-state index contributed by atoms with van der Waals surface area (Å²) in [7, 11) is 1.61. The van der Waals surface area contributed by atoms with Crippen molar-refractivity contribution in [1.82, 2.24) is 0 Å². The molecule has 0 heterocycles. The van der Waals surface area contributed by atoms with E-state index in [2.05, 4.69) is 15.9 Å². The molecule has 0 aliphatic heterocycles. The number of rotatable bonds is 3. The van der Waals surface area contributed by atoms with Gasteiger partial charge in [-0.2, -0.15) is 0 Å². The van der Waals surface area contributed by atoms with Crippen LogP contribution in [0.4, 0.5) is 0 Å². The van der Waals surface area contributed by atoms with Crippen LogP contribution in [0.3, 0.4) is 0 Å². The Kier molecular flexibility index (Phi) is 5.02. The molecule has 1 unspecified atom stereocenters. The number of methoxy groups -OCH3 is 1. The Morgan fingerprint density at radius 1 is 0.947 bits per heavy atom. The van der Waals surface area contributed by atoms with Crippen LogP contribution in [-0.2, 0) is 0 Å². The Hall–Kier alpha value is -0.410. The molecule has 0 spiro atoms. The van der Waals surface area contributed by atoms with Crippen molar-refractivity contribution >= 4 is 50.7 Å². The fraction of sp³-hybridized carbons (Fsp3) is 0.143. The lowest BCUT2D eigenvalue weighted by molar-refractivity contribution is 0.410. The zero-order valence-corrected chi connectivity index (χ0v) is 13.8. The minimum Gasteiger partial charge on any atom is -0.496 e. The fourth-order valence-corrected chi connectivity index (χ4v) is 3.23. The first kappa shape index (κ1) is 15.0. The Bertz CT molecular complexity index is 601. The quantitative estimate of drug-likeness (QED) is 0.581. The van der Waals surface area contributed by atoms with Crippen LogP contribution in [0.5, 0.6) is 5.75 Å². The van der Waals surface area contributed by atoms with Crippen LogP contribution in [-0.4, -0.2) is 7.11 Å². The van der Waals surface area contributed by atoms with Crippen LogP contribution >= 0.6 is 50.7 Å². The van der Waals surface area contributed by atoms with Gasteiger partial charge in [-0.15, -0.1) is 0 Å². The van der Waals surface area contributed by atoms with Crippen molar-refractivity contribution in [3.05, 3.63) is 62.6 Å². The zero-order chi connectivity index (χ0) is 14.0. The van der Waals surface area contributed by atoms with Crippen molar-refractivity contribution in [2.45, 2.75) is 4.83 Å². The molecule has 0 radical (unpaired) electrons. The molecule has 19 heavy (non-hydrogen) atoms. The van der Waals surface area contributed by atoms with Gasteiger partial charge in [-0.3, -0.25) is 0 Å². The van der Waals surface area contributed by atoms with Gasteiger partial charge in [0.1, 0.15) is 5.75 Å². The maximum atomic E-state index is 6.21. The topological polar surface area (TPSA) is 9.23 Å². The van der Waals surface area contributed by atoms with E-state index >= 15 is 0 Å². The number of hydrogen-bond acceptors (Lipinski definition) is 1. The van der Waals surface area contributed by atoms with Gasteiger partial charge in [0, 0.05) is 20.6 Å². The first-order valence-electron chi connectivity index (χ1n) is 5.45. The molecule has 2 aromatic carbocycles. The van der Waals surface area contributed by atoms with Gasteiger partial charge in [-0.1, -0.05) is 56.8 Å². The van der Waals surface area contributed by atoms with Gasteiger partial charge in [0.2, 0.25) is 0 Å². The van der Waals surface area contributed by atoms with Gasteiger partial charge in [0.25, 0.3) is 0 Å². The Morgan fingerprint density at radius 3 is 2.26 bits per heavy atom. The van der Waals surface area contributed by atoms with Crippen LogP contribution in [0.1, 0.15) is 16.0 Å². The second-order valence-electron chi connectivity index (χ2n) is 3.91. The first-order valence-corrected chi connectivity index (χ1v) is 7.50. The van der Waals surface area contributed by atoms with Crippen molar-refractivity contribution in [3.63, 3.8) is 0 Å². The fourth-order valence-electron chi connectivity index (χ4n) is 1.77. The second-order valence-corrected chi connectivity index (χ2v) is 6.11. The SMILES string of the molecule is COc1cc(Cl)ccc1C(Br)c1cc(Cl)ccc1Cl. The normalized spacial score (nSPS) is 12.3. The number of benzene rings is 2. The Labute approximate surface area is 135 Å². The van der Waals surface area contributed by atoms with Crippen molar-refractivity contribution in [3.8, 4) is 5.75 Å². The van der Waals surface area contributed by atoms with E-state index in [1.807, 2.05) is 18.2 Å². The van der Waals surface area contributed by atoms with Gasteiger partial charge in [-0.05, 0) is 35.9 Å². The predicted molar refractivity (Wildman–Crippen MR) is 85.2 cm³/mol. The van der Waals surface area contributed by atoms with E-state index in [0.717, 1.165) is 11.1 Å². The minimum atomic E-state index is -0.120. The van der Waals surface area contributed by atoms with E-state index in [0.29, 0.717) is 20.8 Å². The molecule has 0 saturated heterocycles. The first-order chi connectivity index (χ1) is 9.02. The van der Waals surface area contributed by atoms with E-state index in [4.69, 9.17) is 39.5 Å². The number of alkyl halides is 1. The number of halogens is 4. The van der Waals surface area contributed by atoms with E-state index in [9.17, 15) is 0 Å². The van der Waals surface area contributed by atoms with E-state index < -0.39 is 0 Å². The van der Waals surface area contributed by atoms with Gasteiger partial charge in [-0.25, -0.2) is 0 Å². The molecular weight excluding hydrogens is 370 g/mol. The summed E-state index contributed by atoms with van der Waals surface area (Å²) in [4.78, 5) is -0.120. The largest absolute Gasteiger partial charge is 0.496 e. The molecule has 100 valence electrons.